The van der Waals surface area contributed by atoms with Crippen molar-refractivity contribution in [1.29, 1.82) is 5.26 Å². The average molecular weight is 411 g/mol. The molecule has 0 aliphatic carbocycles. The van der Waals surface area contributed by atoms with Crippen LogP contribution in [0.3, 0.4) is 0 Å². The van der Waals surface area contributed by atoms with Crippen LogP contribution in [0, 0.1) is 11.3 Å². The summed E-state index contributed by atoms with van der Waals surface area (Å²) in [5.41, 5.74) is 3.78. The molecule has 6 heteroatoms. The molecule has 26 heavy (non-hydrogen) atoms. The number of fused-ring (bicyclic) bond motifs is 1. The number of ether oxygens (including phenoxy) is 1. The normalized spacial score (nSPS) is 10.4. The maximum Gasteiger partial charge on any atom is 0.143 e. The van der Waals surface area contributed by atoms with Crippen LogP contribution in [0.2, 0.25) is 0 Å². The number of nitrogens with zero attached hydrogens (tertiary/aromatic N) is 2. The van der Waals surface area contributed by atoms with Crippen LogP contribution in [-0.4, -0.2) is 18.1 Å². The molecule has 0 fully saturated rings. The number of anilines is 3. The molecule has 0 aliphatic heterocycles. The molecule has 0 atom stereocenters. The van der Waals surface area contributed by atoms with Gasteiger partial charge < -0.3 is 15.4 Å². The summed E-state index contributed by atoms with van der Waals surface area (Å²) in [4.78, 5) is 4.45. The van der Waals surface area contributed by atoms with Gasteiger partial charge in [0.05, 0.1) is 29.1 Å². The summed E-state index contributed by atoms with van der Waals surface area (Å²) in [6.07, 6.45) is 1.60. The van der Waals surface area contributed by atoms with Crippen molar-refractivity contribution >= 4 is 43.9 Å². The fourth-order valence-corrected chi connectivity index (χ4v) is 3.15. The molecule has 0 saturated heterocycles. The monoisotopic (exact) mass is 410 g/mol. The van der Waals surface area contributed by atoms with Crippen molar-refractivity contribution in [2.75, 3.05) is 23.8 Å². The SMILES string of the molecule is CCNc1cc2ncc(C#N)c(Nc3cccc(Br)c3)c2cc1OCC. The quantitative estimate of drug-likeness (QED) is 0.565. The fraction of sp³-hybridized carbons (Fsp3) is 0.200. The summed E-state index contributed by atoms with van der Waals surface area (Å²) in [6, 6.07) is 13.9. The van der Waals surface area contributed by atoms with E-state index in [4.69, 9.17) is 4.74 Å². The molecule has 0 saturated carbocycles. The molecule has 0 unspecified atom stereocenters. The molecular weight excluding hydrogens is 392 g/mol. The lowest BCUT2D eigenvalue weighted by atomic mass is 10.1. The first kappa shape index (κ1) is 18.0. The van der Waals surface area contributed by atoms with Gasteiger partial charge in [-0.15, -0.1) is 0 Å². The summed E-state index contributed by atoms with van der Waals surface area (Å²) in [7, 11) is 0. The molecule has 0 aliphatic rings. The van der Waals surface area contributed by atoms with Gasteiger partial charge in [0.2, 0.25) is 0 Å². The second kappa shape index (κ2) is 8.07. The lowest BCUT2D eigenvalue weighted by molar-refractivity contribution is 0.342. The van der Waals surface area contributed by atoms with Gasteiger partial charge in [-0.1, -0.05) is 22.0 Å². The Morgan fingerprint density at radius 1 is 1.23 bits per heavy atom. The molecule has 5 nitrogen and oxygen atoms in total. The van der Waals surface area contributed by atoms with Crippen molar-refractivity contribution in [2.45, 2.75) is 13.8 Å². The van der Waals surface area contributed by atoms with Gasteiger partial charge >= 0.3 is 0 Å². The molecule has 0 spiro atoms. The van der Waals surface area contributed by atoms with E-state index in [-0.39, 0.29) is 0 Å². The predicted octanol–water partition coefficient (Wildman–Crippen LogP) is 5.44. The van der Waals surface area contributed by atoms with Crippen molar-refractivity contribution in [2.24, 2.45) is 0 Å². The third-order valence-electron chi connectivity index (χ3n) is 3.85. The first-order valence-corrected chi connectivity index (χ1v) is 9.21. The Morgan fingerprint density at radius 3 is 2.77 bits per heavy atom. The predicted molar refractivity (Wildman–Crippen MR) is 109 cm³/mol. The van der Waals surface area contributed by atoms with Gasteiger partial charge in [0.1, 0.15) is 11.8 Å². The van der Waals surface area contributed by atoms with Gasteiger partial charge in [-0.2, -0.15) is 5.26 Å². The number of nitriles is 1. The van der Waals surface area contributed by atoms with E-state index in [1.165, 1.54) is 0 Å². The zero-order valence-electron chi connectivity index (χ0n) is 14.6. The van der Waals surface area contributed by atoms with E-state index in [9.17, 15) is 5.26 Å². The highest BCUT2D eigenvalue weighted by Gasteiger charge is 2.14. The molecule has 2 aromatic carbocycles. The topological polar surface area (TPSA) is 70.0 Å². The van der Waals surface area contributed by atoms with E-state index in [2.05, 4.69) is 37.6 Å². The van der Waals surface area contributed by atoms with E-state index in [0.717, 1.165) is 44.7 Å². The van der Waals surface area contributed by atoms with E-state index >= 15 is 0 Å². The van der Waals surface area contributed by atoms with Crippen LogP contribution in [0.1, 0.15) is 19.4 Å². The number of benzene rings is 2. The number of nitrogens with one attached hydrogen (secondary N) is 2. The number of hydrogen-bond donors (Lipinski definition) is 2. The van der Waals surface area contributed by atoms with E-state index in [1.54, 1.807) is 6.20 Å². The average Bonchev–Trinajstić information content (AvgIpc) is 2.63. The maximum atomic E-state index is 9.54. The Bertz CT molecular complexity index is 981. The second-order valence-electron chi connectivity index (χ2n) is 5.62. The first-order chi connectivity index (χ1) is 12.7. The molecule has 1 heterocycles. The number of pyridine rings is 1. The summed E-state index contributed by atoms with van der Waals surface area (Å²) >= 11 is 3.47. The molecule has 0 amide bonds. The maximum absolute atomic E-state index is 9.54. The molecule has 0 bridgehead atoms. The number of aromatic nitrogens is 1. The number of halogens is 1. The Hall–Kier alpha value is -2.78. The number of hydrogen-bond acceptors (Lipinski definition) is 5. The third-order valence-corrected chi connectivity index (χ3v) is 4.34. The Balaban J connectivity index is 2.18. The molecule has 1 aromatic heterocycles. The van der Waals surface area contributed by atoms with Gasteiger partial charge in [-0.05, 0) is 44.2 Å². The van der Waals surface area contributed by atoms with Crippen LogP contribution in [0.25, 0.3) is 10.9 Å². The highest BCUT2D eigenvalue weighted by atomic mass is 79.9. The van der Waals surface area contributed by atoms with Gasteiger partial charge in [0.25, 0.3) is 0 Å². The van der Waals surface area contributed by atoms with Gasteiger partial charge in [0.15, 0.2) is 0 Å². The van der Waals surface area contributed by atoms with E-state index < -0.39 is 0 Å². The fourth-order valence-electron chi connectivity index (χ4n) is 2.75. The van der Waals surface area contributed by atoms with Crippen LogP contribution in [0.5, 0.6) is 5.75 Å². The Morgan fingerprint density at radius 2 is 2.08 bits per heavy atom. The first-order valence-electron chi connectivity index (χ1n) is 8.42. The third kappa shape index (κ3) is 3.73. The van der Waals surface area contributed by atoms with Crippen LogP contribution in [0.4, 0.5) is 17.1 Å². The molecule has 2 N–H and O–H groups in total. The van der Waals surface area contributed by atoms with Crippen molar-refractivity contribution in [3.05, 3.63) is 52.6 Å². The lowest BCUT2D eigenvalue weighted by Gasteiger charge is -2.16. The van der Waals surface area contributed by atoms with Crippen LogP contribution in [0.15, 0.2) is 47.1 Å². The summed E-state index contributed by atoms with van der Waals surface area (Å²) in [5, 5.41) is 17.0. The van der Waals surface area contributed by atoms with E-state index in [1.807, 2.05) is 50.2 Å². The largest absolute Gasteiger partial charge is 0.492 e. The lowest BCUT2D eigenvalue weighted by Crippen LogP contribution is -2.03. The van der Waals surface area contributed by atoms with Crippen LogP contribution >= 0.6 is 15.9 Å². The van der Waals surface area contributed by atoms with Gasteiger partial charge in [-0.3, -0.25) is 4.98 Å². The smallest absolute Gasteiger partial charge is 0.143 e. The molecular formula is C20H19BrN4O. The Labute approximate surface area is 161 Å². The standard InChI is InChI=1S/C20H19BrN4O/c1-3-23-18-10-17-16(9-19(18)26-4-2)20(13(11-22)12-24-17)25-15-7-5-6-14(21)8-15/h5-10,12,23H,3-4H2,1-2H3,(H,24,25). The molecule has 3 rings (SSSR count). The van der Waals surface area contributed by atoms with Crippen LogP contribution in [-0.2, 0) is 0 Å². The molecule has 132 valence electrons. The molecule has 3 aromatic rings. The highest BCUT2D eigenvalue weighted by Crippen LogP contribution is 2.36. The van der Waals surface area contributed by atoms with Crippen LogP contribution < -0.4 is 15.4 Å². The minimum atomic E-state index is 0.483. The minimum absolute atomic E-state index is 0.483. The summed E-state index contributed by atoms with van der Waals surface area (Å²) in [6.45, 7) is 5.32. The second-order valence-corrected chi connectivity index (χ2v) is 6.54. The van der Waals surface area contributed by atoms with Crippen molar-refractivity contribution in [3.63, 3.8) is 0 Å². The highest BCUT2D eigenvalue weighted by molar-refractivity contribution is 9.10. The number of rotatable bonds is 6. The van der Waals surface area contributed by atoms with Crippen molar-refractivity contribution < 1.29 is 4.74 Å². The van der Waals surface area contributed by atoms with Gasteiger partial charge in [0, 0.05) is 28.3 Å². The zero-order chi connectivity index (χ0) is 18.5. The minimum Gasteiger partial charge on any atom is -0.492 e. The summed E-state index contributed by atoms with van der Waals surface area (Å²) < 4.78 is 6.75. The van der Waals surface area contributed by atoms with Gasteiger partial charge in [-0.25, -0.2) is 0 Å². The van der Waals surface area contributed by atoms with Crippen molar-refractivity contribution in [1.82, 2.24) is 4.98 Å². The van der Waals surface area contributed by atoms with E-state index in [0.29, 0.717) is 12.2 Å². The zero-order valence-corrected chi connectivity index (χ0v) is 16.2. The summed E-state index contributed by atoms with van der Waals surface area (Å²) in [5.74, 6) is 0.746. The Kier molecular flexibility index (Phi) is 5.59. The molecule has 0 radical (unpaired) electrons. The van der Waals surface area contributed by atoms with Crippen molar-refractivity contribution in [3.8, 4) is 11.8 Å².